The Morgan fingerprint density at radius 1 is 0.786 bits per heavy atom. The molecule has 3 nitrogen and oxygen atoms in total. The second kappa shape index (κ2) is 6.45. The number of hydrogen-bond donors (Lipinski definition) is 0. The van der Waals surface area contributed by atoms with E-state index in [0.717, 1.165) is 5.56 Å². The number of carbonyl (C=O) groups excluding carboxylic acids is 2. The molecule has 3 aromatic carbocycles. The predicted molar refractivity (Wildman–Crippen MR) is 106 cm³/mol. The third-order valence-corrected chi connectivity index (χ3v) is 6.21. The van der Waals surface area contributed by atoms with Crippen LogP contribution in [-0.2, 0) is 14.9 Å². The molecule has 2 aliphatic carbocycles. The monoisotopic (exact) mass is 368 g/mol. The maximum absolute atomic E-state index is 13.2. The average molecular weight is 368 g/mol. The van der Waals surface area contributed by atoms with Gasteiger partial charge in [-0.05, 0) is 23.3 Å². The van der Waals surface area contributed by atoms with Crippen LogP contribution in [0.4, 0.5) is 0 Å². The molecule has 3 aromatic rings. The fourth-order valence-corrected chi connectivity index (χ4v) is 4.97. The SMILES string of the molecule is O=C(O[C@@H]1C[C@]2(c3ccccc3)[C@H](C1=O)[C@@H]2c1ccccc1)c1ccccc1. The van der Waals surface area contributed by atoms with E-state index in [2.05, 4.69) is 24.3 Å². The van der Waals surface area contributed by atoms with Crippen LogP contribution in [0.25, 0.3) is 0 Å². The molecule has 0 heterocycles. The summed E-state index contributed by atoms with van der Waals surface area (Å²) in [7, 11) is 0. The number of hydrogen-bond acceptors (Lipinski definition) is 3. The summed E-state index contributed by atoms with van der Waals surface area (Å²) in [5, 5.41) is 0. The molecule has 4 atom stereocenters. The highest BCUT2D eigenvalue weighted by molar-refractivity contribution is 5.99. The summed E-state index contributed by atoms with van der Waals surface area (Å²) in [6, 6.07) is 29.2. The molecule has 0 bridgehead atoms. The van der Waals surface area contributed by atoms with Crippen molar-refractivity contribution in [2.75, 3.05) is 0 Å². The Morgan fingerprint density at radius 2 is 1.36 bits per heavy atom. The van der Waals surface area contributed by atoms with E-state index < -0.39 is 12.1 Å². The van der Waals surface area contributed by atoms with Gasteiger partial charge in [-0.3, -0.25) is 4.79 Å². The van der Waals surface area contributed by atoms with Gasteiger partial charge in [-0.25, -0.2) is 4.79 Å². The van der Waals surface area contributed by atoms with Crippen LogP contribution < -0.4 is 0 Å². The number of esters is 1. The first-order valence-corrected chi connectivity index (χ1v) is 9.62. The smallest absolute Gasteiger partial charge is 0.338 e. The van der Waals surface area contributed by atoms with Crippen LogP contribution in [0.15, 0.2) is 91.0 Å². The van der Waals surface area contributed by atoms with Gasteiger partial charge in [-0.1, -0.05) is 78.9 Å². The lowest BCUT2D eigenvalue weighted by Gasteiger charge is -2.20. The molecule has 0 N–H and O–H groups in total. The molecule has 0 spiro atoms. The Kier molecular flexibility index (Phi) is 3.90. The average Bonchev–Trinajstić information content (AvgIpc) is 3.35. The number of ether oxygens (including phenoxy) is 1. The van der Waals surface area contributed by atoms with Gasteiger partial charge in [0.1, 0.15) is 0 Å². The van der Waals surface area contributed by atoms with Crippen LogP contribution in [0.2, 0.25) is 0 Å². The number of benzene rings is 3. The number of ketones is 1. The highest BCUT2D eigenvalue weighted by Crippen LogP contribution is 2.72. The lowest BCUT2D eigenvalue weighted by molar-refractivity contribution is -0.127. The summed E-state index contributed by atoms with van der Waals surface area (Å²) in [6.07, 6.45) is -0.142. The van der Waals surface area contributed by atoms with Crippen molar-refractivity contribution in [1.29, 1.82) is 0 Å². The molecular weight excluding hydrogens is 348 g/mol. The molecule has 0 saturated heterocycles. The van der Waals surface area contributed by atoms with Gasteiger partial charge >= 0.3 is 5.97 Å². The zero-order chi connectivity index (χ0) is 19.1. The second-order valence-corrected chi connectivity index (χ2v) is 7.64. The van der Waals surface area contributed by atoms with Crippen molar-refractivity contribution in [3.8, 4) is 0 Å². The van der Waals surface area contributed by atoms with Gasteiger partial charge in [0.15, 0.2) is 11.9 Å². The summed E-state index contributed by atoms with van der Waals surface area (Å²) in [5.41, 5.74) is 2.53. The first kappa shape index (κ1) is 16.9. The van der Waals surface area contributed by atoms with Gasteiger partial charge in [0.2, 0.25) is 0 Å². The van der Waals surface area contributed by atoms with Crippen LogP contribution in [0.1, 0.15) is 33.8 Å². The molecule has 0 aliphatic heterocycles. The summed E-state index contributed by atoms with van der Waals surface area (Å²) in [5.74, 6) is -0.372. The molecule has 5 rings (SSSR count). The molecule has 0 unspecified atom stereocenters. The van der Waals surface area contributed by atoms with E-state index in [4.69, 9.17) is 4.74 Å². The van der Waals surface area contributed by atoms with Crippen molar-refractivity contribution in [1.82, 2.24) is 0 Å². The number of rotatable bonds is 4. The van der Waals surface area contributed by atoms with Gasteiger partial charge in [-0.2, -0.15) is 0 Å². The maximum atomic E-state index is 13.2. The van der Waals surface area contributed by atoms with E-state index in [0.29, 0.717) is 12.0 Å². The first-order chi connectivity index (χ1) is 13.7. The maximum Gasteiger partial charge on any atom is 0.338 e. The zero-order valence-corrected chi connectivity index (χ0v) is 15.3. The minimum atomic E-state index is -0.683. The fourth-order valence-electron chi connectivity index (χ4n) is 4.97. The highest BCUT2D eigenvalue weighted by Gasteiger charge is 2.75. The van der Waals surface area contributed by atoms with Crippen LogP contribution in [-0.4, -0.2) is 17.9 Å². The molecule has 3 heteroatoms. The van der Waals surface area contributed by atoms with E-state index in [9.17, 15) is 9.59 Å². The predicted octanol–water partition coefficient (Wildman–Crippen LogP) is 4.54. The normalized spacial score (nSPS) is 27.9. The zero-order valence-electron chi connectivity index (χ0n) is 15.3. The van der Waals surface area contributed by atoms with Gasteiger partial charge in [-0.15, -0.1) is 0 Å². The highest BCUT2D eigenvalue weighted by atomic mass is 16.5. The molecule has 0 amide bonds. The van der Waals surface area contributed by atoms with Gasteiger partial charge in [0.05, 0.1) is 5.56 Å². The lowest BCUT2D eigenvalue weighted by Crippen LogP contribution is -2.27. The van der Waals surface area contributed by atoms with Crippen LogP contribution in [0.3, 0.4) is 0 Å². The summed E-state index contributed by atoms with van der Waals surface area (Å²) >= 11 is 0. The van der Waals surface area contributed by atoms with E-state index in [-0.39, 0.29) is 23.0 Å². The Balaban J connectivity index is 1.46. The second-order valence-electron chi connectivity index (χ2n) is 7.64. The molecule has 2 aliphatic rings. The largest absolute Gasteiger partial charge is 0.451 e. The third-order valence-electron chi connectivity index (χ3n) is 6.21. The molecule has 138 valence electrons. The summed E-state index contributed by atoms with van der Waals surface area (Å²) in [4.78, 5) is 25.7. The summed E-state index contributed by atoms with van der Waals surface area (Å²) < 4.78 is 5.65. The topological polar surface area (TPSA) is 43.4 Å². The Morgan fingerprint density at radius 3 is 2.00 bits per heavy atom. The van der Waals surface area contributed by atoms with Crippen molar-refractivity contribution in [3.63, 3.8) is 0 Å². The van der Waals surface area contributed by atoms with Crippen molar-refractivity contribution < 1.29 is 14.3 Å². The van der Waals surface area contributed by atoms with Crippen molar-refractivity contribution >= 4 is 11.8 Å². The van der Waals surface area contributed by atoms with Crippen LogP contribution >= 0.6 is 0 Å². The standard InChI is InChI=1S/C25H20O3/c26-23-20(28-24(27)18-12-6-2-7-13-18)16-25(19-14-8-3-9-15-19)21(22(23)25)17-10-4-1-5-11-17/h1-15,20-22H,16H2/t20-,21+,22+,25-/m1/s1. The molecular formula is C25H20O3. The molecule has 2 fully saturated rings. The van der Waals surface area contributed by atoms with Gasteiger partial charge < -0.3 is 4.74 Å². The van der Waals surface area contributed by atoms with E-state index >= 15 is 0 Å². The molecule has 0 radical (unpaired) electrons. The van der Waals surface area contributed by atoms with Gasteiger partial charge in [0, 0.05) is 23.7 Å². The van der Waals surface area contributed by atoms with Crippen molar-refractivity contribution in [2.45, 2.75) is 23.9 Å². The molecule has 2 saturated carbocycles. The van der Waals surface area contributed by atoms with Crippen LogP contribution in [0, 0.1) is 5.92 Å². The Bertz CT molecular complexity index is 1010. The minimum Gasteiger partial charge on any atom is -0.451 e. The first-order valence-electron chi connectivity index (χ1n) is 9.62. The van der Waals surface area contributed by atoms with E-state index in [1.807, 2.05) is 42.5 Å². The molecule has 28 heavy (non-hydrogen) atoms. The lowest BCUT2D eigenvalue weighted by atomic mass is 9.87. The fraction of sp³-hybridized carbons (Fsp3) is 0.200. The van der Waals surface area contributed by atoms with Crippen molar-refractivity contribution in [3.05, 3.63) is 108 Å². The number of Topliss-reactive ketones (excluding diaryl/α,β-unsaturated/α-hetero) is 1. The van der Waals surface area contributed by atoms with Crippen LogP contribution in [0.5, 0.6) is 0 Å². The minimum absolute atomic E-state index is 0.0435. The summed E-state index contributed by atoms with van der Waals surface area (Å²) in [6.45, 7) is 0. The number of carbonyl (C=O) groups is 2. The van der Waals surface area contributed by atoms with Gasteiger partial charge in [0.25, 0.3) is 0 Å². The third kappa shape index (κ3) is 2.50. The van der Waals surface area contributed by atoms with E-state index in [1.165, 1.54) is 5.56 Å². The quantitative estimate of drug-likeness (QED) is 0.635. The molecule has 0 aromatic heterocycles. The number of fused-ring (bicyclic) bond motifs is 1. The van der Waals surface area contributed by atoms with E-state index in [1.54, 1.807) is 24.3 Å². The van der Waals surface area contributed by atoms with Crippen molar-refractivity contribution in [2.24, 2.45) is 5.92 Å². The Labute approximate surface area is 164 Å². The Hall–Kier alpha value is -3.20.